The highest BCUT2D eigenvalue weighted by molar-refractivity contribution is 5.90. The molecule has 1 amide bonds. The second-order valence-electron chi connectivity index (χ2n) is 7.09. The van der Waals surface area contributed by atoms with Gasteiger partial charge in [0.05, 0.1) is 23.4 Å². The first kappa shape index (κ1) is 15.2. The Morgan fingerprint density at radius 2 is 1.81 bits per heavy atom. The smallest absolute Gasteiger partial charge is 0.227 e. The van der Waals surface area contributed by atoms with Crippen LogP contribution in [0.5, 0.6) is 0 Å². The molecular weight excluding hydrogens is 324 g/mol. The molecule has 0 atom stereocenters. The molecular formula is C21H20N4O. The molecule has 0 bridgehead atoms. The summed E-state index contributed by atoms with van der Waals surface area (Å²) in [5.74, 6) is 1.47. The van der Waals surface area contributed by atoms with Crippen LogP contribution in [-0.4, -0.2) is 38.8 Å². The summed E-state index contributed by atoms with van der Waals surface area (Å²) in [6.07, 6.45) is 0.447. The van der Waals surface area contributed by atoms with Gasteiger partial charge in [-0.3, -0.25) is 4.79 Å². The molecule has 5 rings (SSSR count). The predicted molar refractivity (Wildman–Crippen MR) is 102 cm³/mol. The zero-order valence-electron chi connectivity index (χ0n) is 14.6. The van der Waals surface area contributed by atoms with E-state index < -0.39 is 0 Å². The number of aromatic amines is 2. The molecule has 2 aromatic heterocycles. The van der Waals surface area contributed by atoms with Crippen molar-refractivity contribution in [2.45, 2.75) is 19.3 Å². The molecule has 2 N–H and O–H groups in total. The number of likely N-dealkylation sites (tertiary alicyclic amines) is 1. The fourth-order valence-electron chi connectivity index (χ4n) is 3.85. The lowest BCUT2D eigenvalue weighted by Gasteiger charge is -2.38. The maximum Gasteiger partial charge on any atom is 0.227 e. The summed E-state index contributed by atoms with van der Waals surface area (Å²) in [6.45, 7) is 3.51. The third-order valence-corrected chi connectivity index (χ3v) is 5.38. The Morgan fingerprint density at radius 3 is 2.62 bits per heavy atom. The van der Waals surface area contributed by atoms with Gasteiger partial charge in [0.2, 0.25) is 5.91 Å². The van der Waals surface area contributed by atoms with Crippen LogP contribution in [0.25, 0.3) is 21.9 Å². The molecule has 4 aromatic rings. The van der Waals surface area contributed by atoms with Crippen LogP contribution in [0.1, 0.15) is 23.0 Å². The lowest BCUT2D eigenvalue weighted by Crippen LogP contribution is -2.49. The van der Waals surface area contributed by atoms with E-state index in [1.54, 1.807) is 0 Å². The third-order valence-electron chi connectivity index (χ3n) is 5.38. The zero-order valence-corrected chi connectivity index (χ0v) is 14.6. The van der Waals surface area contributed by atoms with Crippen molar-refractivity contribution in [1.29, 1.82) is 0 Å². The van der Waals surface area contributed by atoms with E-state index in [1.807, 2.05) is 48.2 Å². The van der Waals surface area contributed by atoms with Crippen LogP contribution in [0.2, 0.25) is 0 Å². The highest BCUT2D eigenvalue weighted by Gasteiger charge is 2.34. The number of nitrogens with zero attached hydrogens (tertiary/aromatic N) is 2. The van der Waals surface area contributed by atoms with Crippen LogP contribution in [0.4, 0.5) is 0 Å². The fourth-order valence-corrected chi connectivity index (χ4v) is 3.85. The molecule has 5 heteroatoms. The highest BCUT2D eigenvalue weighted by atomic mass is 16.2. The van der Waals surface area contributed by atoms with Crippen molar-refractivity contribution in [1.82, 2.24) is 19.9 Å². The number of benzene rings is 2. The van der Waals surface area contributed by atoms with E-state index in [9.17, 15) is 4.79 Å². The van der Waals surface area contributed by atoms with Crippen LogP contribution in [0.15, 0.2) is 48.5 Å². The standard InChI is InChI=1S/C21H20N4O/c1-13-16(15-6-2-3-7-17(15)22-13)10-20(26)25-11-14(12-25)21-23-18-8-4-5-9-19(18)24-21/h2-9,14,22H,10-12H2,1H3,(H,23,24). The number of fused-ring (bicyclic) bond motifs is 2. The van der Waals surface area contributed by atoms with Crippen molar-refractivity contribution in [3.63, 3.8) is 0 Å². The number of aryl methyl sites for hydroxylation is 1. The van der Waals surface area contributed by atoms with Gasteiger partial charge < -0.3 is 14.9 Å². The van der Waals surface area contributed by atoms with Crippen LogP contribution < -0.4 is 0 Å². The van der Waals surface area contributed by atoms with Gasteiger partial charge in [-0.2, -0.15) is 0 Å². The molecule has 0 aliphatic carbocycles. The highest BCUT2D eigenvalue weighted by Crippen LogP contribution is 2.29. The van der Waals surface area contributed by atoms with Gasteiger partial charge in [-0.15, -0.1) is 0 Å². The first-order valence-corrected chi connectivity index (χ1v) is 8.97. The van der Waals surface area contributed by atoms with Gasteiger partial charge >= 0.3 is 0 Å². The summed E-state index contributed by atoms with van der Waals surface area (Å²) < 4.78 is 0. The third kappa shape index (κ3) is 2.39. The van der Waals surface area contributed by atoms with Crippen molar-refractivity contribution in [3.05, 3.63) is 65.6 Å². The minimum absolute atomic E-state index is 0.185. The minimum atomic E-state index is 0.185. The Morgan fingerprint density at radius 1 is 1.08 bits per heavy atom. The Balaban J connectivity index is 1.30. The molecule has 0 spiro atoms. The van der Waals surface area contributed by atoms with E-state index in [1.165, 1.54) is 0 Å². The van der Waals surface area contributed by atoms with Gasteiger partial charge in [0, 0.05) is 29.7 Å². The summed E-state index contributed by atoms with van der Waals surface area (Å²) in [5.41, 5.74) is 5.33. The predicted octanol–water partition coefficient (Wildman–Crippen LogP) is 3.52. The maximum atomic E-state index is 12.7. The molecule has 2 aromatic carbocycles. The first-order chi connectivity index (χ1) is 12.7. The average Bonchev–Trinajstić information content (AvgIpc) is 3.15. The SMILES string of the molecule is Cc1[nH]c2ccccc2c1CC(=O)N1CC(c2nc3ccccc3[nH]2)C1. The minimum Gasteiger partial charge on any atom is -0.358 e. The van der Waals surface area contributed by atoms with E-state index in [0.717, 1.165) is 52.1 Å². The number of nitrogens with one attached hydrogen (secondary N) is 2. The number of rotatable bonds is 3. The second-order valence-corrected chi connectivity index (χ2v) is 7.09. The van der Waals surface area contributed by atoms with Crippen molar-refractivity contribution >= 4 is 27.8 Å². The summed E-state index contributed by atoms with van der Waals surface area (Å²) >= 11 is 0. The molecule has 3 heterocycles. The first-order valence-electron chi connectivity index (χ1n) is 8.97. The molecule has 0 saturated carbocycles. The molecule has 1 aliphatic rings. The Kier molecular flexibility index (Phi) is 3.35. The van der Waals surface area contributed by atoms with Gasteiger partial charge in [0.25, 0.3) is 0 Å². The van der Waals surface area contributed by atoms with Crippen molar-refractivity contribution in [2.75, 3.05) is 13.1 Å². The summed E-state index contributed by atoms with van der Waals surface area (Å²) in [6, 6.07) is 16.2. The molecule has 5 nitrogen and oxygen atoms in total. The number of imidazole rings is 1. The largest absolute Gasteiger partial charge is 0.358 e. The van der Waals surface area contributed by atoms with Gasteiger partial charge in [-0.25, -0.2) is 4.98 Å². The number of amides is 1. The van der Waals surface area contributed by atoms with Crippen LogP contribution in [0.3, 0.4) is 0 Å². The number of carbonyl (C=O) groups excluding carboxylic acids is 1. The van der Waals surface area contributed by atoms with E-state index in [0.29, 0.717) is 12.3 Å². The Bertz CT molecular complexity index is 1080. The summed E-state index contributed by atoms with van der Waals surface area (Å²) in [7, 11) is 0. The topological polar surface area (TPSA) is 64.8 Å². The van der Waals surface area contributed by atoms with Crippen LogP contribution >= 0.6 is 0 Å². The number of H-pyrrole nitrogens is 2. The number of hydrogen-bond acceptors (Lipinski definition) is 2. The summed E-state index contributed by atoms with van der Waals surface area (Å²) in [4.78, 5) is 26.1. The molecule has 0 radical (unpaired) electrons. The van der Waals surface area contributed by atoms with Crippen LogP contribution in [-0.2, 0) is 11.2 Å². The summed E-state index contributed by atoms with van der Waals surface area (Å²) in [5, 5.41) is 1.15. The molecule has 1 saturated heterocycles. The number of aromatic nitrogens is 3. The van der Waals surface area contributed by atoms with Gasteiger partial charge in [0.1, 0.15) is 5.82 Å². The van der Waals surface area contributed by atoms with Gasteiger partial charge in [-0.05, 0) is 30.7 Å². The van der Waals surface area contributed by atoms with E-state index in [2.05, 4.69) is 27.1 Å². The van der Waals surface area contributed by atoms with E-state index in [4.69, 9.17) is 0 Å². The van der Waals surface area contributed by atoms with Crippen molar-refractivity contribution in [2.24, 2.45) is 0 Å². The zero-order chi connectivity index (χ0) is 17.7. The lowest BCUT2D eigenvalue weighted by atomic mass is 9.97. The number of para-hydroxylation sites is 3. The van der Waals surface area contributed by atoms with Crippen molar-refractivity contribution < 1.29 is 4.79 Å². The second kappa shape index (κ2) is 5.73. The van der Waals surface area contributed by atoms with E-state index >= 15 is 0 Å². The Hall–Kier alpha value is -3.08. The quantitative estimate of drug-likeness (QED) is 0.597. The molecule has 1 fully saturated rings. The molecule has 130 valence electrons. The average molecular weight is 344 g/mol. The molecule has 0 unspecified atom stereocenters. The van der Waals surface area contributed by atoms with Gasteiger partial charge in [-0.1, -0.05) is 30.3 Å². The van der Waals surface area contributed by atoms with Gasteiger partial charge in [0.15, 0.2) is 0 Å². The monoisotopic (exact) mass is 344 g/mol. The van der Waals surface area contributed by atoms with Crippen LogP contribution in [0, 0.1) is 6.92 Å². The number of hydrogen-bond donors (Lipinski definition) is 2. The molecule has 1 aliphatic heterocycles. The molecule has 26 heavy (non-hydrogen) atoms. The van der Waals surface area contributed by atoms with Crippen molar-refractivity contribution in [3.8, 4) is 0 Å². The number of carbonyl (C=O) groups is 1. The van der Waals surface area contributed by atoms with E-state index in [-0.39, 0.29) is 5.91 Å². The lowest BCUT2D eigenvalue weighted by molar-refractivity contribution is -0.134. The Labute approximate surface area is 151 Å². The fraction of sp³-hybridized carbons (Fsp3) is 0.238. The normalized spacial score (nSPS) is 14.9. The maximum absolute atomic E-state index is 12.7.